The zero-order chi connectivity index (χ0) is 54.6. The van der Waals surface area contributed by atoms with Crippen molar-refractivity contribution >= 4 is 30.0 Å². The van der Waals surface area contributed by atoms with E-state index in [9.17, 15) is 39.3 Å². The molecule has 0 aromatic carbocycles. The number of ketones is 1. The van der Waals surface area contributed by atoms with E-state index < -0.39 is 152 Å². The first kappa shape index (κ1) is 62.3. The molecule has 3 saturated heterocycles. The number of hydrogen-bond acceptors (Lipinski definition) is 20. The molecule has 418 valence electrons. The number of aldehydes is 1. The zero-order valence-corrected chi connectivity index (χ0v) is 45.7. The second-order valence-corrected chi connectivity index (χ2v) is 21.4. The van der Waals surface area contributed by atoms with Gasteiger partial charge in [-0.2, -0.15) is 0 Å². The molecule has 21 unspecified atom stereocenters. The Morgan fingerprint density at radius 2 is 1.53 bits per heavy atom. The second-order valence-electron chi connectivity index (χ2n) is 21.4. The normalized spacial score (nSPS) is 41.6. The molecule has 3 N–H and O–H groups in total. The Morgan fingerprint density at radius 1 is 0.890 bits per heavy atom. The largest absolute Gasteiger partial charge is 0.462 e. The van der Waals surface area contributed by atoms with Crippen molar-refractivity contribution in [3.63, 3.8) is 0 Å². The van der Waals surface area contributed by atoms with Gasteiger partial charge in [0.1, 0.15) is 42.4 Å². The molecule has 4 aliphatic heterocycles. The van der Waals surface area contributed by atoms with E-state index in [0.29, 0.717) is 18.3 Å². The number of nitrogens with zero attached hydrogens (tertiary/aromatic N) is 1. The lowest BCUT2D eigenvalue weighted by molar-refractivity contribution is -0.342. The van der Waals surface area contributed by atoms with E-state index in [1.165, 1.54) is 34.1 Å². The fourth-order valence-corrected chi connectivity index (χ4v) is 10.6. The van der Waals surface area contributed by atoms with Gasteiger partial charge in [0.15, 0.2) is 36.9 Å². The molecule has 0 aromatic heterocycles. The van der Waals surface area contributed by atoms with Gasteiger partial charge in [-0.25, -0.2) is 0 Å². The SMILES string of the molecule is CCC1OC(=O)CC(O)C(C)C(OC2OC(C)C(OC3CC(C)(O)C(OC(C)=O)C(C)O3)C(N(C)C)C2O)C(CC=O)CC(C)C(=O)/C=C/C(C)=C\C1COC1OC(C)C(OC(=O)CC(C)C)C(OC)C1OC. The number of cyclic esters (lactones) is 1. The smallest absolute Gasteiger partial charge is 0.308 e. The van der Waals surface area contributed by atoms with Crippen LogP contribution in [0.15, 0.2) is 23.8 Å². The number of methoxy groups -OCH3 is 2. The number of carbonyl (C=O) groups excluding carboxylic acids is 5. The van der Waals surface area contributed by atoms with Crippen LogP contribution in [-0.2, 0) is 76.1 Å². The number of carbonyl (C=O) groups is 5. The van der Waals surface area contributed by atoms with Crippen molar-refractivity contribution in [2.45, 2.75) is 218 Å². The highest BCUT2D eigenvalue weighted by Gasteiger charge is 2.53. The third-order valence-corrected chi connectivity index (χ3v) is 14.5. The summed E-state index contributed by atoms with van der Waals surface area (Å²) in [5.41, 5.74) is -0.840. The number of rotatable bonds is 17. The molecule has 0 amide bonds. The van der Waals surface area contributed by atoms with E-state index in [1.54, 1.807) is 66.6 Å². The lowest BCUT2D eigenvalue weighted by Crippen LogP contribution is -2.65. The Kier molecular flexibility index (Phi) is 24.1. The second kappa shape index (κ2) is 28.2. The van der Waals surface area contributed by atoms with E-state index in [2.05, 4.69) is 0 Å². The van der Waals surface area contributed by atoms with Crippen molar-refractivity contribution in [2.24, 2.45) is 29.6 Å². The highest BCUT2D eigenvalue weighted by molar-refractivity contribution is 5.91. The minimum atomic E-state index is -1.51. The molecule has 0 aliphatic carbocycles. The number of hydrogen-bond donors (Lipinski definition) is 3. The maximum absolute atomic E-state index is 14.0. The lowest BCUT2D eigenvalue weighted by Gasteiger charge is -2.50. The van der Waals surface area contributed by atoms with Gasteiger partial charge in [0, 0.05) is 58.2 Å². The zero-order valence-electron chi connectivity index (χ0n) is 45.7. The first-order valence-electron chi connectivity index (χ1n) is 25.9. The van der Waals surface area contributed by atoms with Crippen LogP contribution in [0.1, 0.15) is 115 Å². The van der Waals surface area contributed by atoms with Crippen molar-refractivity contribution in [1.82, 2.24) is 4.90 Å². The summed E-state index contributed by atoms with van der Waals surface area (Å²) in [6.45, 7) is 18.8. The Labute approximate surface area is 432 Å². The van der Waals surface area contributed by atoms with Gasteiger partial charge in [-0.1, -0.05) is 52.3 Å². The molecule has 4 rings (SSSR count). The molecule has 21 atom stereocenters. The van der Waals surface area contributed by atoms with Crippen LogP contribution in [0.3, 0.4) is 0 Å². The van der Waals surface area contributed by atoms with Crippen LogP contribution < -0.4 is 0 Å². The molecule has 0 spiro atoms. The molecule has 4 aliphatic rings. The van der Waals surface area contributed by atoms with Gasteiger partial charge < -0.3 is 77.1 Å². The van der Waals surface area contributed by atoms with E-state index in [4.69, 9.17) is 52.1 Å². The molecule has 73 heavy (non-hydrogen) atoms. The summed E-state index contributed by atoms with van der Waals surface area (Å²) < 4.78 is 67.2. The van der Waals surface area contributed by atoms with Crippen LogP contribution in [0.4, 0.5) is 0 Å². The fourth-order valence-electron chi connectivity index (χ4n) is 10.6. The third-order valence-electron chi connectivity index (χ3n) is 14.5. The standard InChI is InChI=1S/C53H87NO19/c1-16-39-36(26-65-52-49(64-15)48(63-14)47(32(8)68-52)71-40(59)21-27(2)3)22-28(4)17-18-37(57)29(5)23-35(19-20-55)45(30(6)38(58)24-41(60)70-39)73-51-44(61)43(54(12)13)46(31(7)67-51)72-42-25-53(11,62)50(33(9)66-42)69-34(10)56/h17-18,20,22,27,29-33,35-36,38-39,42-52,58,61-62H,16,19,21,23-26H2,1-15H3/b18-17+,28-22-. The van der Waals surface area contributed by atoms with Crippen molar-refractivity contribution in [3.8, 4) is 0 Å². The minimum absolute atomic E-state index is 0.0405. The predicted molar refractivity (Wildman–Crippen MR) is 263 cm³/mol. The topological polar surface area (TPSA) is 251 Å². The van der Waals surface area contributed by atoms with Crippen molar-refractivity contribution < 1.29 is 91.4 Å². The van der Waals surface area contributed by atoms with Gasteiger partial charge in [0.25, 0.3) is 0 Å². The molecule has 4 heterocycles. The number of aliphatic hydroxyl groups is 3. The lowest BCUT2D eigenvalue weighted by atomic mass is 9.79. The first-order chi connectivity index (χ1) is 34.3. The van der Waals surface area contributed by atoms with E-state index in [1.807, 2.05) is 26.8 Å². The molecule has 3 fully saturated rings. The molecule has 0 radical (unpaired) electrons. The summed E-state index contributed by atoms with van der Waals surface area (Å²) in [5, 5.41) is 35.3. The molecule has 0 saturated carbocycles. The Morgan fingerprint density at radius 3 is 2.11 bits per heavy atom. The van der Waals surface area contributed by atoms with E-state index in [0.717, 1.165) is 0 Å². The average molecular weight is 1040 g/mol. The first-order valence-corrected chi connectivity index (χ1v) is 25.9. The monoisotopic (exact) mass is 1040 g/mol. The molecule has 0 aromatic rings. The van der Waals surface area contributed by atoms with Crippen LogP contribution in [-0.4, -0.2) is 189 Å². The van der Waals surface area contributed by atoms with Gasteiger partial charge in [-0.3, -0.25) is 19.2 Å². The average Bonchev–Trinajstić information content (AvgIpc) is 3.29. The molecule has 20 nitrogen and oxygen atoms in total. The van der Waals surface area contributed by atoms with E-state index >= 15 is 0 Å². The summed E-state index contributed by atoms with van der Waals surface area (Å²) in [7, 11) is 6.45. The van der Waals surface area contributed by atoms with Crippen molar-refractivity contribution in [3.05, 3.63) is 23.8 Å². The highest BCUT2D eigenvalue weighted by Crippen LogP contribution is 2.38. The number of allylic oxidation sites excluding steroid dienone is 3. The maximum Gasteiger partial charge on any atom is 0.308 e. The van der Waals surface area contributed by atoms with Gasteiger partial charge in [0.2, 0.25) is 0 Å². The van der Waals surface area contributed by atoms with Crippen molar-refractivity contribution in [1.29, 1.82) is 0 Å². The quantitative estimate of drug-likeness (QED) is 0.106. The number of esters is 3. The Hall–Kier alpha value is -3.25. The van der Waals surface area contributed by atoms with Gasteiger partial charge in [-0.05, 0) is 79.5 Å². The predicted octanol–water partition coefficient (Wildman–Crippen LogP) is 4.00. The molecule has 0 bridgehead atoms. The highest BCUT2D eigenvalue weighted by atomic mass is 16.7. The summed E-state index contributed by atoms with van der Waals surface area (Å²) >= 11 is 0. The summed E-state index contributed by atoms with van der Waals surface area (Å²) in [5.74, 6) is -4.63. The molecule has 20 heteroatoms. The Bertz CT molecular complexity index is 1860. The molecular formula is C53H87NO19. The molecular weight excluding hydrogens is 955 g/mol. The van der Waals surface area contributed by atoms with Crippen LogP contribution >= 0.6 is 0 Å². The fraction of sp³-hybridized carbons (Fsp3) is 0.830. The van der Waals surface area contributed by atoms with Crippen LogP contribution in [0.5, 0.6) is 0 Å². The van der Waals surface area contributed by atoms with Gasteiger partial charge in [-0.15, -0.1) is 0 Å². The summed E-state index contributed by atoms with van der Waals surface area (Å²) in [6.07, 6.45) is -8.45. The maximum atomic E-state index is 14.0. The van der Waals surface area contributed by atoms with Crippen molar-refractivity contribution in [2.75, 3.05) is 34.9 Å². The van der Waals surface area contributed by atoms with Gasteiger partial charge >= 0.3 is 17.9 Å². The summed E-state index contributed by atoms with van der Waals surface area (Å²) in [4.78, 5) is 66.5. The number of aliphatic hydroxyl groups excluding tert-OH is 2. The summed E-state index contributed by atoms with van der Waals surface area (Å²) in [6, 6.07) is -0.786. The van der Waals surface area contributed by atoms with Crippen LogP contribution in [0, 0.1) is 29.6 Å². The number of likely N-dealkylation sites (N-methyl/N-ethyl adjacent to an activating group) is 1. The van der Waals surface area contributed by atoms with Gasteiger partial charge in [0.05, 0.1) is 49.6 Å². The minimum Gasteiger partial charge on any atom is -0.462 e. The Balaban J connectivity index is 1.60. The van der Waals surface area contributed by atoms with E-state index in [-0.39, 0.29) is 44.0 Å². The van der Waals surface area contributed by atoms with Crippen LogP contribution in [0.25, 0.3) is 0 Å². The number of ether oxygens (including phenoxy) is 11. The third kappa shape index (κ3) is 16.9. The van der Waals surface area contributed by atoms with Crippen LogP contribution in [0.2, 0.25) is 0 Å².